The summed E-state index contributed by atoms with van der Waals surface area (Å²) in [6.07, 6.45) is 0. The van der Waals surface area contributed by atoms with E-state index in [-0.39, 0.29) is 27.9 Å². The van der Waals surface area contributed by atoms with Crippen molar-refractivity contribution in [3.05, 3.63) is 89.7 Å². The molecule has 0 radical (unpaired) electrons. The van der Waals surface area contributed by atoms with Gasteiger partial charge >= 0.3 is 0 Å². The van der Waals surface area contributed by atoms with Gasteiger partial charge in [0.25, 0.3) is 15.9 Å². The number of carbonyl (C=O) groups excluding carboxylic acids is 1. The third-order valence-electron chi connectivity index (χ3n) is 4.48. The number of benzene rings is 3. The first-order chi connectivity index (χ1) is 14.3. The van der Waals surface area contributed by atoms with E-state index in [0.29, 0.717) is 0 Å². The Balaban J connectivity index is 1.88. The molecule has 8 heteroatoms. The van der Waals surface area contributed by atoms with Crippen LogP contribution >= 0.6 is 0 Å². The standard InChI is InChI=1S/C22H21FN2O4S/c1-15(16-8-4-3-5-9-16)24-22(26)18-10-6-7-11-19(18)25-30(27,28)21-14-17(23)12-13-20(21)29-2/h3-15,25H,1-2H3,(H,24,26)/t15-/m1/s1. The maximum absolute atomic E-state index is 13.7. The van der Waals surface area contributed by atoms with Gasteiger partial charge in [-0.05, 0) is 42.8 Å². The molecule has 3 aromatic carbocycles. The monoisotopic (exact) mass is 428 g/mol. The van der Waals surface area contributed by atoms with E-state index in [2.05, 4.69) is 10.0 Å². The number of hydrogen-bond acceptors (Lipinski definition) is 4. The smallest absolute Gasteiger partial charge is 0.265 e. The average Bonchev–Trinajstić information content (AvgIpc) is 2.74. The molecular formula is C22H21FN2O4S. The predicted molar refractivity (Wildman–Crippen MR) is 113 cm³/mol. The molecule has 156 valence electrons. The highest BCUT2D eigenvalue weighted by Crippen LogP contribution is 2.28. The average molecular weight is 428 g/mol. The second-order valence-electron chi connectivity index (χ2n) is 6.55. The van der Waals surface area contributed by atoms with E-state index < -0.39 is 21.7 Å². The first-order valence-corrected chi connectivity index (χ1v) is 10.6. The fourth-order valence-corrected chi connectivity index (χ4v) is 4.19. The molecule has 1 amide bonds. The van der Waals surface area contributed by atoms with Crippen LogP contribution in [0.25, 0.3) is 0 Å². The van der Waals surface area contributed by atoms with Gasteiger partial charge in [-0.1, -0.05) is 42.5 Å². The Kier molecular flexibility index (Phi) is 6.37. The lowest BCUT2D eigenvalue weighted by atomic mass is 10.1. The number of amides is 1. The zero-order chi connectivity index (χ0) is 21.7. The molecule has 3 aromatic rings. The first-order valence-electron chi connectivity index (χ1n) is 9.13. The summed E-state index contributed by atoms with van der Waals surface area (Å²) in [6, 6.07) is 18.5. The summed E-state index contributed by atoms with van der Waals surface area (Å²) >= 11 is 0. The molecular weight excluding hydrogens is 407 g/mol. The predicted octanol–water partition coefficient (Wildman–Crippen LogP) is 4.13. The second kappa shape index (κ2) is 8.96. The molecule has 0 aromatic heterocycles. The summed E-state index contributed by atoms with van der Waals surface area (Å²) in [7, 11) is -2.92. The Labute approximate surface area is 174 Å². The van der Waals surface area contributed by atoms with Crippen molar-refractivity contribution in [1.82, 2.24) is 5.32 Å². The minimum atomic E-state index is -4.21. The molecule has 6 nitrogen and oxygen atoms in total. The van der Waals surface area contributed by atoms with E-state index >= 15 is 0 Å². The highest BCUT2D eigenvalue weighted by molar-refractivity contribution is 7.92. The Hall–Kier alpha value is -3.39. The maximum Gasteiger partial charge on any atom is 0.265 e. The van der Waals surface area contributed by atoms with Crippen molar-refractivity contribution >= 4 is 21.6 Å². The number of para-hydroxylation sites is 1. The molecule has 0 unspecified atom stereocenters. The van der Waals surface area contributed by atoms with Crippen molar-refractivity contribution in [2.45, 2.75) is 17.9 Å². The molecule has 0 aliphatic rings. The third-order valence-corrected chi connectivity index (χ3v) is 5.87. The van der Waals surface area contributed by atoms with Crippen molar-refractivity contribution in [2.24, 2.45) is 0 Å². The molecule has 0 spiro atoms. The molecule has 30 heavy (non-hydrogen) atoms. The van der Waals surface area contributed by atoms with Crippen molar-refractivity contribution in [2.75, 3.05) is 11.8 Å². The summed E-state index contributed by atoms with van der Waals surface area (Å²) in [6.45, 7) is 1.83. The van der Waals surface area contributed by atoms with Crippen molar-refractivity contribution in [1.29, 1.82) is 0 Å². The Morgan fingerprint density at radius 1 is 1.00 bits per heavy atom. The highest BCUT2D eigenvalue weighted by Gasteiger charge is 2.23. The van der Waals surface area contributed by atoms with Crippen LogP contribution in [-0.2, 0) is 10.0 Å². The van der Waals surface area contributed by atoms with Gasteiger partial charge in [-0.2, -0.15) is 0 Å². The molecule has 2 N–H and O–H groups in total. The Morgan fingerprint density at radius 2 is 1.67 bits per heavy atom. The van der Waals surface area contributed by atoms with E-state index in [9.17, 15) is 17.6 Å². The van der Waals surface area contributed by atoms with E-state index in [1.54, 1.807) is 12.1 Å². The Bertz CT molecular complexity index is 1150. The lowest BCUT2D eigenvalue weighted by Gasteiger charge is -2.17. The van der Waals surface area contributed by atoms with Crippen molar-refractivity contribution < 1.29 is 22.3 Å². The second-order valence-corrected chi connectivity index (χ2v) is 8.20. The maximum atomic E-state index is 13.7. The van der Waals surface area contributed by atoms with Crippen LogP contribution in [0.5, 0.6) is 5.75 Å². The van der Waals surface area contributed by atoms with Gasteiger partial charge in [0.1, 0.15) is 16.5 Å². The van der Waals surface area contributed by atoms with Gasteiger partial charge in [-0.25, -0.2) is 12.8 Å². The molecule has 0 aliphatic heterocycles. The lowest BCUT2D eigenvalue weighted by Crippen LogP contribution is -2.28. The summed E-state index contributed by atoms with van der Waals surface area (Å²) in [5.41, 5.74) is 1.12. The summed E-state index contributed by atoms with van der Waals surface area (Å²) in [5, 5.41) is 2.85. The molecule has 1 atom stereocenters. The fourth-order valence-electron chi connectivity index (χ4n) is 2.93. The number of rotatable bonds is 7. The van der Waals surface area contributed by atoms with E-state index in [4.69, 9.17) is 4.74 Å². The van der Waals surface area contributed by atoms with Gasteiger partial charge in [0.2, 0.25) is 0 Å². The topological polar surface area (TPSA) is 84.5 Å². The molecule has 0 bridgehead atoms. The minimum Gasteiger partial charge on any atom is -0.495 e. The molecule has 0 heterocycles. The quantitative estimate of drug-likeness (QED) is 0.593. The van der Waals surface area contributed by atoms with Gasteiger partial charge in [-0.3, -0.25) is 9.52 Å². The van der Waals surface area contributed by atoms with Gasteiger partial charge in [0.15, 0.2) is 0 Å². The van der Waals surface area contributed by atoms with Crippen molar-refractivity contribution in [3.8, 4) is 5.75 Å². The number of carbonyl (C=O) groups is 1. The number of hydrogen-bond donors (Lipinski definition) is 2. The largest absolute Gasteiger partial charge is 0.495 e. The van der Waals surface area contributed by atoms with Crippen LogP contribution in [0.4, 0.5) is 10.1 Å². The fraction of sp³-hybridized carbons (Fsp3) is 0.136. The third kappa shape index (κ3) is 4.77. The van der Waals surface area contributed by atoms with Crippen molar-refractivity contribution in [3.63, 3.8) is 0 Å². The normalized spacial score (nSPS) is 12.1. The van der Waals surface area contributed by atoms with E-state index in [0.717, 1.165) is 17.7 Å². The highest BCUT2D eigenvalue weighted by atomic mass is 32.2. The van der Waals surface area contributed by atoms with Gasteiger partial charge < -0.3 is 10.1 Å². The van der Waals surface area contributed by atoms with Crippen LogP contribution in [0.3, 0.4) is 0 Å². The molecule has 0 aliphatic carbocycles. The zero-order valence-corrected chi connectivity index (χ0v) is 17.2. The molecule has 0 fully saturated rings. The number of ether oxygens (including phenoxy) is 1. The number of methoxy groups -OCH3 is 1. The Morgan fingerprint density at radius 3 is 2.37 bits per heavy atom. The number of nitrogens with one attached hydrogen (secondary N) is 2. The number of anilines is 1. The molecule has 0 saturated carbocycles. The van der Waals surface area contributed by atoms with Crippen LogP contribution in [-0.4, -0.2) is 21.4 Å². The minimum absolute atomic E-state index is 0.0106. The van der Waals surface area contributed by atoms with Crippen LogP contribution in [0, 0.1) is 5.82 Å². The van der Waals surface area contributed by atoms with Crippen LogP contribution in [0.1, 0.15) is 28.9 Å². The van der Waals surface area contributed by atoms with Crippen LogP contribution in [0.2, 0.25) is 0 Å². The van der Waals surface area contributed by atoms with Crippen LogP contribution < -0.4 is 14.8 Å². The van der Waals surface area contributed by atoms with Crippen LogP contribution in [0.15, 0.2) is 77.7 Å². The summed E-state index contributed by atoms with van der Waals surface area (Å²) in [4.78, 5) is 12.5. The molecule has 3 rings (SSSR count). The number of sulfonamides is 1. The van der Waals surface area contributed by atoms with Gasteiger partial charge in [0, 0.05) is 0 Å². The number of halogens is 1. The molecule has 0 saturated heterocycles. The van der Waals surface area contributed by atoms with Gasteiger partial charge in [0.05, 0.1) is 24.4 Å². The van der Waals surface area contributed by atoms with E-state index in [1.807, 2.05) is 37.3 Å². The lowest BCUT2D eigenvalue weighted by molar-refractivity contribution is 0.0941. The summed E-state index contributed by atoms with van der Waals surface area (Å²) < 4.78 is 46.8. The SMILES string of the molecule is COc1ccc(F)cc1S(=O)(=O)Nc1ccccc1C(=O)N[C@H](C)c1ccccc1. The summed E-state index contributed by atoms with van der Waals surface area (Å²) in [5.74, 6) is -1.18. The van der Waals surface area contributed by atoms with E-state index in [1.165, 1.54) is 25.3 Å². The van der Waals surface area contributed by atoms with Gasteiger partial charge in [-0.15, -0.1) is 0 Å². The zero-order valence-electron chi connectivity index (χ0n) is 16.4. The first kappa shape index (κ1) is 21.3.